The molecule has 0 aliphatic carbocycles. The summed E-state index contributed by atoms with van der Waals surface area (Å²) >= 11 is 0. The molecule has 0 fully saturated rings. The van der Waals surface area contributed by atoms with Gasteiger partial charge in [-0.1, -0.05) is 181 Å². The van der Waals surface area contributed by atoms with Gasteiger partial charge in [0, 0.05) is 19.8 Å². The van der Waals surface area contributed by atoms with Crippen LogP contribution in [0.25, 0.3) is 0 Å². The predicted molar refractivity (Wildman–Crippen MR) is 164 cm³/mol. The number of hydrogen-bond donors (Lipinski definition) is 1. The molecule has 36 heavy (non-hydrogen) atoms. The van der Waals surface area contributed by atoms with Crippen LogP contribution in [0, 0.1) is 0 Å². The van der Waals surface area contributed by atoms with E-state index in [1.165, 1.54) is 180 Å². The Labute approximate surface area is 230 Å². The Hall–Kier alpha value is -0.0800. The van der Waals surface area contributed by atoms with Gasteiger partial charge in [0.15, 0.2) is 0 Å². The minimum Gasteiger partial charge on any atom is -0.397 e. The van der Waals surface area contributed by atoms with E-state index in [1.807, 2.05) is 0 Å². The Kier molecular flexibility index (Phi) is 41.7. The van der Waals surface area contributed by atoms with Gasteiger partial charge in [-0.25, -0.2) is 0 Å². The summed E-state index contributed by atoms with van der Waals surface area (Å²) in [4.78, 5) is 0. The second-order valence-electron chi connectivity index (χ2n) is 11.1. The molecule has 0 aliphatic rings. The molecule has 0 saturated heterocycles. The van der Waals surface area contributed by atoms with E-state index in [9.17, 15) is 0 Å². The molecular formula is C34H72O2. The van der Waals surface area contributed by atoms with E-state index in [4.69, 9.17) is 9.84 Å². The van der Waals surface area contributed by atoms with Crippen LogP contribution < -0.4 is 0 Å². The molecule has 0 heterocycles. The summed E-state index contributed by atoms with van der Waals surface area (Å²) in [5, 5.41) is 7.57. The highest BCUT2D eigenvalue weighted by Gasteiger charge is 1.96. The number of aliphatic hydroxyl groups is 1. The molecule has 0 bridgehead atoms. The lowest BCUT2D eigenvalue weighted by molar-refractivity contribution is 0.125. The van der Waals surface area contributed by atoms with Crippen molar-refractivity contribution in [1.29, 1.82) is 0 Å². The van der Waals surface area contributed by atoms with Crippen LogP contribution in [0.15, 0.2) is 0 Å². The van der Waals surface area contributed by atoms with Crippen molar-refractivity contribution in [3.05, 3.63) is 0 Å². The van der Waals surface area contributed by atoms with E-state index in [1.54, 1.807) is 6.92 Å². The normalized spacial score (nSPS) is 11.0. The highest BCUT2D eigenvalue weighted by Crippen LogP contribution is 2.14. The van der Waals surface area contributed by atoms with Gasteiger partial charge in [0.1, 0.15) is 0 Å². The summed E-state index contributed by atoms with van der Waals surface area (Å²) in [6.07, 6.45) is 40.1. The monoisotopic (exact) mass is 513 g/mol. The maximum atomic E-state index is 7.57. The van der Waals surface area contributed by atoms with Crippen molar-refractivity contribution in [3.8, 4) is 0 Å². The van der Waals surface area contributed by atoms with Crippen molar-refractivity contribution in [3.63, 3.8) is 0 Å². The van der Waals surface area contributed by atoms with Crippen LogP contribution in [0.1, 0.15) is 201 Å². The first-order valence-electron chi connectivity index (χ1n) is 17.0. The highest BCUT2D eigenvalue weighted by atomic mass is 16.5. The Morgan fingerprint density at radius 3 is 0.667 bits per heavy atom. The van der Waals surface area contributed by atoms with E-state index in [0.29, 0.717) is 0 Å². The van der Waals surface area contributed by atoms with Gasteiger partial charge < -0.3 is 9.84 Å². The van der Waals surface area contributed by atoms with E-state index in [2.05, 4.69) is 13.8 Å². The van der Waals surface area contributed by atoms with Crippen molar-refractivity contribution < 1.29 is 9.84 Å². The van der Waals surface area contributed by atoms with Crippen molar-refractivity contribution in [2.24, 2.45) is 0 Å². The summed E-state index contributed by atoms with van der Waals surface area (Å²) in [5.41, 5.74) is 0. The quantitative estimate of drug-likeness (QED) is 0.0969. The summed E-state index contributed by atoms with van der Waals surface area (Å²) < 4.78 is 5.85. The van der Waals surface area contributed by atoms with Crippen molar-refractivity contribution in [2.75, 3.05) is 19.8 Å². The molecule has 0 rings (SSSR count). The van der Waals surface area contributed by atoms with Gasteiger partial charge in [0.05, 0.1) is 0 Å². The standard InChI is InChI=1S/C32H66O.C2H6O/c1-3-5-7-9-11-13-15-17-19-21-23-25-27-29-31-33-32-30-28-26-24-22-20-18-16-14-12-10-8-6-4-2;1-2-3/h3-32H2,1-2H3;3H,2H2,1H3. The van der Waals surface area contributed by atoms with Crippen LogP contribution in [-0.4, -0.2) is 24.9 Å². The van der Waals surface area contributed by atoms with Crippen molar-refractivity contribution in [1.82, 2.24) is 0 Å². The third-order valence-corrected chi connectivity index (χ3v) is 7.28. The molecule has 1 N–H and O–H groups in total. The fraction of sp³-hybridized carbons (Fsp3) is 1.00. The molecule has 0 spiro atoms. The average Bonchev–Trinajstić information content (AvgIpc) is 2.88. The largest absolute Gasteiger partial charge is 0.397 e. The molecule has 0 radical (unpaired) electrons. The van der Waals surface area contributed by atoms with E-state index < -0.39 is 0 Å². The zero-order valence-corrected chi connectivity index (χ0v) is 25.8. The second kappa shape index (κ2) is 39.4. The van der Waals surface area contributed by atoms with Crippen molar-refractivity contribution >= 4 is 0 Å². The summed E-state index contributed by atoms with van der Waals surface area (Å²) in [5.74, 6) is 0. The predicted octanol–water partition coefficient (Wildman–Crippen LogP) is 12.0. The average molecular weight is 513 g/mol. The molecular weight excluding hydrogens is 440 g/mol. The smallest absolute Gasteiger partial charge is 0.0466 e. The lowest BCUT2D eigenvalue weighted by Gasteiger charge is -2.05. The Balaban J connectivity index is 0. The number of hydrogen-bond acceptors (Lipinski definition) is 2. The molecule has 0 aromatic heterocycles. The van der Waals surface area contributed by atoms with Crippen LogP contribution >= 0.6 is 0 Å². The van der Waals surface area contributed by atoms with E-state index in [-0.39, 0.29) is 6.61 Å². The van der Waals surface area contributed by atoms with Crippen LogP contribution in [0.4, 0.5) is 0 Å². The number of aliphatic hydroxyl groups excluding tert-OH is 1. The van der Waals surface area contributed by atoms with Gasteiger partial charge >= 0.3 is 0 Å². The van der Waals surface area contributed by atoms with E-state index >= 15 is 0 Å². The minimum atomic E-state index is 0.250. The lowest BCUT2D eigenvalue weighted by atomic mass is 10.0. The van der Waals surface area contributed by atoms with Gasteiger partial charge in [0.25, 0.3) is 0 Å². The molecule has 0 saturated carbocycles. The van der Waals surface area contributed by atoms with Gasteiger partial charge in [-0.15, -0.1) is 0 Å². The zero-order valence-electron chi connectivity index (χ0n) is 25.8. The van der Waals surface area contributed by atoms with E-state index in [0.717, 1.165) is 13.2 Å². The van der Waals surface area contributed by atoms with Crippen LogP contribution in [0.2, 0.25) is 0 Å². The van der Waals surface area contributed by atoms with Crippen LogP contribution in [0.3, 0.4) is 0 Å². The molecule has 220 valence electrons. The summed E-state index contributed by atoms with van der Waals surface area (Å²) in [6.45, 7) is 8.52. The third kappa shape index (κ3) is 41.1. The molecule has 0 amide bonds. The fourth-order valence-corrected chi connectivity index (χ4v) is 4.90. The molecule has 0 atom stereocenters. The topological polar surface area (TPSA) is 29.5 Å². The molecule has 2 heteroatoms. The summed E-state index contributed by atoms with van der Waals surface area (Å²) in [6, 6.07) is 0. The fourth-order valence-electron chi connectivity index (χ4n) is 4.90. The number of unbranched alkanes of at least 4 members (excludes halogenated alkanes) is 26. The first-order valence-corrected chi connectivity index (χ1v) is 17.0. The maximum absolute atomic E-state index is 7.57. The van der Waals surface area contributed by atoms with Gasteiger partial charge in [0.2, 0.25) is 0 Å². The highest BCUT2D eigenvalue weighted by molar-refractivity contribution is 4.51. The van der Waals surface area contributed by atoms with Crippen molar-refractivity contribution in [2.45, 2.75) is 201 Å². The third-order valence-electron chi connectivity index (χ3n) is 7.28. The zero-order chi connectivity index (χ0) is 26.6. The maximum Gasteiger partial charge on any atom is 0.0466 e. The minimum absolute atomic E-state index is 0.250. The Morgan fingerprint density at radius 1 is 0.306 bits per heavy atom. The first kappa shape index (κ1) is 38.1. The SMILES string of the molecule is CCCCCCCCCCCCCCCCOCCCCCCCCCCCCCCCC.CCO. The number of ether oxygens (including phenoxy) is 1. The molecule has 0 aromatic carbocycles. The molecule has 2 nitrogen and oxygen atoms in total. The Bertz CT molecular complexity index is 301. The van der Waals surface area contributed by atoms with Crippen LogP contribution in [0.5, 0.6) is 0 Å². The van der Waals surface area contributed by atoms with Gasteiger partial charge in [-0.2, -0.15) is 0 Å². The number of rotatable bonds is 30. The Morgan fingerprint density at radius 2 is 0.472 bits per heavy atom. The van der Waals surface area contributed by atoms with Gasteiger partial charge in [-0.05, 0) is 19.8 Å². The van der Waals surface area contributed by atoms with Crippen LogP contribution in [-0.2, 0) is 4.74 Å². The lowest BCUT2D eigenvalue weighted by Crippen LogP contribution is -1.97. The summed E-state index contributed by atoms with van der Waals surface area (Å²) in [7, 11) is 0. The molecule has 0 aliphatic heterocycles. The molecule has 0 unspecified atom stereocenters. The van der Waals surface area contributed by atoms with Gasteiger partial charge in [-0.3, -0.25) is 0 Å². The first-order chi connectivity index (χ1) is 17.8. The second-order valence-corrected chi connectivity index (χ2v) is 11.1. The molecule has 0 aromatic rings.